The topological polar surface area (TPSA) is 35.5 Å². The van der Waals surface area contributed by atoms with Crippen LogP contribution in [0.1, 0.15) is 30.1 Å². The third-order valence-electron chi connectivity index (χ3n) is 2.67. The predicted octanol–water partition coefficient (Wildman–Crippen LogP) is 2.79. The molecule has 0 bridgehead atoms. The second-order valence-electron chi connectivity index (χ2n) is 4.27. The van der Waals surface area contributed by atoms with Gasteiger partial charge in [0.05, 0.1) is 12.2 Å². The van der Waals surface area contributed by atoms with Crippen molar-refractivity contribution in [1.29, 1.82) is 0 Å². The predicted molar refractivity (Wildman–Crippen MR) is 60.6 cm³/mol. The highest BCUT2D eigenvalue weighted by atomic mass is 19.1. The lowest BCUT2D eigenvalue weighted by Crippen LogP contribution is -2.08. The third-order valence-corrected chi connectivity index (χ3v) is 2.67. The van der Waals surface area contributed by atoms with Crippen LogP contribution >= 0.6 is 0 Å². The molecule has 1 aromatic rings. The van der Waals surface area contributed by atoms with Crippen molar-refractivity contribution in [3.63, 3.8) is 0 Å². The Morgan fingerprint density at radius 2 is 2.24 bits per heavy atom. The number of rotatable bonds is 6. The zero-order chi connectivity index (χ0) is 12.3. The van der Waals surface area contributed by atoms with E-state index in [1.165, 1.54) is 38.0 Å². The molecule has 0 N–H and O–H groups in total. The fourth-order valence-electron chi connectivity index (χ4n) is 1.51. The number of hydrogen-bond acceptors (Lipinski definition) is 3. The second kappa shape index (κ2) is 5.27. The number of halogens is 1. The smallest absolute Gasteiger partial charge is 0.189 e. The van der Waals surface area contributed by atoms with Crippen LogP contribution in [-0.2, 0) is 4.74 Å². The Morgan fingerprint density at radius 3 is 2.88 bits per heavy atom. The van der Waals surface area contributed by atoms with Crippen molar-refractivity contribution in [3.8, 4) is 5.75 Å². The highest BCUT2D eigenvalue weighted by Gasteiger charge is 2.21. The average molecular weight is 238 g/mol. The number of ketones is 1. The Bertz CT molecular complexity index is 413. The van der Waals surface area contributed by atoms with Gasteiger partial charge in [-0.25, -0.2) is 4.39 Å². The first kappa shape index (κ1) is 12.0. The van der Waals surface area contributed by atoms with E-state index >= 15 is 0 Å². The standard InChI is InChI=1S/C13H15FO3/c1-9(15)12-6-11(14)4-5-13(12)17-8-16-7-10-2-3-10/h4-6,10H,2-3,7-8H2,1H3. The van der Waals surface area contributed by atoms with E-state index in [1.54, 1.807) is 0 Å². The van der Waals surface area contributed by atoms with Crippen molar-refractivity contribution >= 4 is 5.78 Å². The number of carbonyl (C=O) groups is 1. The fourth-order valence-corrected chi connectivity index (χ4v) is 1.51. The zero-order valence-corrected chi connectivity index (χ0v) is 9.74. The molecule has 1 aromatic carbocycles. The molecule has 1 saturated carbocycles. The minimum absolute atomic E-state index is 0.0996. The summed E-state index contributed by atoms with van der Waals surface area (Å²) in [7, 11) is 0. The molecule has 0 heterocycles. The Hall–Kier alpha value is -1.42. The third kappa shape index (κ3) is 3.53. The summed E-state index contributed by atoms with van der Waals surface area (Å²) in [5.74, 6) is 0.372. The molecule has 4 heteroatoms. The van der Waals surface area contributed by atoms with Crippen LogP contribution in [0.5, 0.6) is 5.75 Å². The summed E-state index contributed by atoms with van der Waals surface area (Å²) in [6.45, 7) is 2.17. The molecule has 17 heavy (non-hydrogen) atoms. The van der Waals surface area contributed by atoms with Crippen LogP contribution in [0, 0.1) is 11.7 Å². The van der Waals surface area contributed by atoms with Crippen molar-refractivity contribution in [2.75, 3.05) is 13.4 Å². The molecular weight excluding hydrogens is 223 g/mol. The minimum atomic E-state index is -0.443. The van der Waals surface area contributed by atoms with E-state index in [-0.39, 0.29) is 18.1 Å². The molecule has 1 aliphatic carbocycles. The second-order valence-corrected chi connectivity index (χ2v) is 4.27. The highest BCUT2D eigenvalue weighted by molar-refractivity contribution is 5.96. The Kier molecular flexibility index (Phi) is 3.74. The van der Waals surface area contributed by atoms with E-state index in [9.17, 15) is 9.18 Å². The lowest BCUT2D eigenvalue weighted by molar-refractivity contribution is 0.00956. The molecule has 1 aliphatic rings. The molecule has 2 rings (SSSR count). The van der Waals surface area contributed by atoms with Gasteiger partial charge in [-0.2, -0.15) is 0 Å². The normalized spacial score (nSPS) is 14.7. The van der Waals surface area contributed by atoms with E-state index in [0.717, 1.165) is 0 Å². The molecule has 0 radical (unpaired) electrons. The summed E-state index contributed by atoms with van der Waals surface area (Å²) < 4.78 is 23.6. The van der Waals surface area contributed by atoms with Gasteiger partial charge in [-0.1, -0.05) is 0 Å². The van der Waals surface area contributed by atoms with Gasteiger partial charge in [-0.15, -0.1) is 0 Å². The lowest BCUT2D eigenvalue weighted by Gasteiger charge is -2.10. The fraction of sp³-hybridized carbons (Fsp3) is 0.462. The Morgan fingerprint density at radius 1 is 1.47 bits per heavy atom. The van der Waals surface area contributed by atoms with Crippen LogP contribution < -0.4 is 4.74 Å². The summed E-state index contributed by atoms with van der Waals surface area (Å²) in [6.07, 6.45) is 2.44. The maximum Gasteiger partial charge on any atom is 0.189 e. The van der Waals surface area contributed by atoms with Crippen LogP contribution in [0.2, 0.25) is 0 Å². The zero-order valence-electron chi connectivity index (χ0n) is 9.74. The van der Waals surface area contributed by atoms with Crippen molar-refractivity contribution in [2.24, 2.45) is 5.92 Å². The maximum atomic E-state index is 13.0. The van der Waals surface area contributed by atoms with Crippen molar-refractivity contribution in [1.82, 2.24) is 0 Å². The molecule has 0 atom stereocenters. The summed E-state index contributed by atoms with van der Waals surface area (Å²) in [6, 6.07) is 3.90. The Balaban J connectivity index is 1.91. The van der Waals surface area contributed by atoms with Gasteiger partial charge in [0.25, 0.3) is 0 Å². The number of carbonyl (C=O) groups excluding carboxylic acids is 1. The average Bonchev–Trinajstić information content (AvgIpc) is 3.09. The summed E-state index contributed by atoms with van der Waals surface area (Å²) in [5.41, 5.74) is 0.250. The first-order valence-electron chi connectivity index (χ1n) is 5.68. The van der Waals surface area contributed by atoms with E-state index in [4.69, 9.17) is 9.47 Å². The van der Waals surface area contributed by atoms with Gasteiger partial charge in [-0.3, -0.25) is 4.79 Å². The number of Topliss-reactive ketones (excluding diaryl/α,β-unsaturated/α-hetero) is 1. The number of ether oxygens (including phenoxy) is 2. The molecule has 1 fully saturated rings. The van der Waals surface area contributed by atoms with E-state index in [0.29, 0.717) is 18.3 Å². The largest absolute Gasteiger partial charge is 0.467 e. The van der Waals surface area contributed by atoms with Crippen LogP contribution in [0.4, 0.5) is 4.39 Å². The molecular formula is C13H15FO3. The summed E-state index contributed by atoms with van der Waals surface area (Å²) in [4.78, 5) is 11.3. The van der Waals surface area contributed by atoms with Crippen molar-refractivity contribution < 1.29 is 18.7 Å². The summed E-state index contributed by atoms with van der Waals surface area (Å²) in [5, 5.41) is 0. The van der Waals surface area contributed by atoms with Gasteiger partial charge in [0, 0.05) is 0 Å². The van der Waals surface area contributed by atoms with Crippen LogP contribution in [0.3, 0.4) is 0 Å². The van der Waals surface area contributed by atoms with E-state index < -0.39 is 5.82 Å². The van der Waals surface area contributed by atoms with Crippen LogP contribution in [-0.4, -0.2) is 19.2 Å². The van der Waals surface area contributed by atoms with Gasteiger partial charge in [0.2, 0.25) is 0 Å². The first-order chi connectivity index (χ1) is 8.16. The first-order valence-corrected chi connectivity index (χ1v) is 5.68. The van der Waals surface area contributed by atoms with Gasteiger partial charge in [-0.05, 0) is 43.9 Å². The molecule has 3 nitrogen and oxygen atoms in total. The van der Waals surface area contributed by atoms with E-state index in [2.05, 4.69) is 0 Å². The Labute approximate surface area is 99.5 Å². The molecule has 0 saturated heterocycles. The number of benzene rings is 1. The SMILES string of the molecule is CC(=O)c1cc(F)ccc1OCOCC1CC1. The summed E-state index contributed by atoms with van der Waals surface area (Å²) >= 11 is 0. The maximum absolute atomic E-state index is 13.0. The molecule has 92 valence electrons. The number of hydrogen-bond donors (Lipinski definition) is 0. The van der Waals surface area contributed by atoms with Crippen molar-refractivity contribution in [2.45, 2.75) is 19.8 Å². The van der Waals surface area contributed by atoms with Gasteiger partial charge < -0.3 is 9.47 Å². The molecule has 0 aromatic heterocycles. The molecule has 0 unspecified atom stereocenters. The molecule has 0 amide bonds. The monoisotopic (exact) mass is 238 g/mol. The van der Waals surface area contributed by atoms with Crippen molar-refractivity contribution in [3.05, 3.63) is 29.6 Å². The quantitative estimate of drug-likeness (QED) is 0.434. The van der Waals surface area contributed by atoms with Gasteiger partial charge in [0.1, 0.15) is 11.6 Å². The molecule has 0 aliphatic heterocycles. The van der Waals surface area contributed by atoms with E-state index in [1.807, 2.05) is 0 Å². The van der Waals surface area contributed by atoms with Crippen LogP contribution in [0.15, 0.2) is 18.2 Å². The van der Waals surface area contributed by atoms with Crippen LogP contribution in [0.25, 0.3) is 0 Å². The lowest BCUT2D eigenvalue weighted by atomic mass is 10.1. The van der Waals surface area contributed by atoms with Gasteiger partial charge >= 0.3 is 0 Å². The highest BCUT2D eigenvalue weighted by Crippen LogP contribution is 2.28. The van der Waals surface area contributed by atoms with Gasteiger partial charge in [0.15, 0.2) is 12.6 Å². The minimum Gasteiger partial charge on any atom is -0.467 e. The molecule has 0 spiro atoms.